The second-order valence-corrected chi connectivity index (χ2v) is 6.52. The first-order valence-electron chi connectivity index (χ1n) is 9.19. The number of hydrogen-bond acceptors (Lipinski definition) is 5. The van der Waals surface area contributed by atoms with E-state index in [-0.39, 0.29) is 24.4 Å². The Kier molecular flexibility index (Phi) is 10.6. The lowest BCUT2D eigenvalue weighted by molar-refractivity contribution is -0.130. The van der Waals surface area contributed by atoms with Gasteiger partial charge in [-0.1, -0.05) is 0 Å². The molecule has 1 aliphatic rings. The Hall–Kier alpha value is -1.87. The van der Waals surface area contributed by atoms with Crippen LogP contribution in [0.2, 0.25) is 0 Å². The molecule has 3 N–H and O–H groups in total. The highest BCUT2D eigenvalue weighted by molar-refractivity contribution is 5.85. The molecule has 0 aromatic heterocycles. The van der Waals surface area contributed by atoms with Gasteiger partial charge >= 0.3 is 0 Å². The minimum absolute atomic E-state index is 0.0786. The van der Waals surface area contributed by atoms with Crippen LogP contribution < -0.4 is 16.0 Å². The molecule has 0 radical (unpaired) electrons. The highest BCUT2D eigenvalue weighted by atomic mass is 16.5. The van der Waals surface area contributed by atoms with Crippen molar-refractivity contribution in [1.29, 1.82) is 0 Å². The Morgan fingerprint density at radius 2 is 1.92 bits per heavy atom. The smallest absolute Gasteiger partial charge is 0.241 e. The summed E-state index contributed by atoms with van der Waals surface area (Å²) < 4.78 is 4.90. The molecule has 9 heteroatoms. The SMILES string of the molecule is CCNC(=NCC(=O)NCCOC)NC1CCN(CC(=O)N(C)C)CC1. The lowest BCUT2D eigenvalue weighted by Gasteiger charge is -2.33. The molecular weight excluding hydrogens is 336 g/mol. The van der Waals surface area contributed by atoms with Gasteiger partial charge in [0.2, 0.25) is 11.8 Å². The summed E-state index contributed by atoms with van der Waals surface area (Å²) in [7, 11) is 5.15. The van der Waals surface area contributed by atoms with E-state index in [0.29, 0.717) is 25.7 Å². The Morgan fingerprint density at radius 3 is 2.50 bits per heavy atom. The van der Waals surface area contributed by atoms with Gasteiger partial charge in [-0.15, -0.1) is 0 Å². The van der Waals surface area contributed by atoms with Gasteiger partial charge in [-0.25, -0.2) is 4.99 Å². The van der Waals surface area contributed by atoms with E-state index in [4.69, 9.17) is 4.74 Å². The number of likely N-dealkylation sites (N-methyl/N-ethyl adjacent to an activating group) is 1. The maximum atomic E-state index is 11.8. The first-order valence-corrected chi connectivity index (χ1v) is 9.19. The summed E-state index contributed by atoms with van der Waals surface area (Å²) in [6.45, 7) is 5.98. The van der Waals surface area contributed by atoms with Gasteiger partial charge in [-0.2, -0.15) is 0 Å². The normalized spacial score (nSPS) is 16.2. The molecule has 1 rings (SSSR count). The van der Waals surface area contributed by atoms with Crippen molar-refractivity contribution in [3.8, 4) is 0 Å². The number of carbonyl (C=O) groups is 2. The van der Waals surface area contributed by atoms with Crippen LogP contribution in [0.3, 0.4) is 0 Å². The second kappa shape index (κ2) is 12.5. The van der Waals surface area contributed by atoms with Gasteiger partial charge in [0.05, 0.1) is 13.2 Å². The second-order valence-electron chi connectivity index (χ2n) is 6.52. The number of methoxy groups -OCH3 is 1. The van der Waals surface area contributed by atoms with E-state index < -0.39 is 0 Å². The molecule has 0 spiro atoms. The predicted octanol–water partition coefficient (Wildman–Crippen LogP) is -1.14. The summed E-state index contributed by atoms with van der Waals surface area (Å²) >= 11 is 0. The van der Waals surface area contributed by atoms with E-state index in [1.54, 1.807) is 26.1 Å². The molecule has 0 saturated carbocycles. The third kappa shape index (κ3) is 9.00. The molecule has 0 aliphatic carbocycles. The van der Waals surface area contributed by atoms with Crippen molar-refractivity contribution >= 4 is 17.8 Å². The Bertz CT molecular complexity index is 461. The number of rotatable bonds is 9. The number of nitrogens with zero attached hydrogens (tertiary/aromatic N) is 3. The number of amides is 2. The van der Waals surface area contributed by atoms with Crippen LogP contribution in [-0.4, -0.2) is 101 Å². The van der Waals surface area contributed by atoms with Crippen molar-refractivity contribution in [1.82, 2.24) is 25.8 Å². The van der Waals surface area contributed by atoms with Crippen LogP contribution in [0.5, 0.6) is 0 Å². The van der Waals surface area contributed by atoms with Crippen LogP contribution in [0.1, 0.15) is 19.8 Å². The van der Waals surface area contributed by atoms with Gasteiger partial charge in [0.15, 0.2) is 5.96 Å². The highest BCUT2D eigenvalue weighted by Crippen LogP contribution is 2.10. The summed E-state index contributed by atoms with van der Waals surface area (Å²) in [5.41, 5.74) is 0. The molecular formula is C17H34N6O3. The van der Waals surface area contributed by atoms with Crippen LogP contribution in [0.15, 0.2) is 4.99 Å². The number of aliphatic imine (C=N–C) groups is 1. The zero-order valence-electron chi connectivity index (χ0n) is 16.5. The maximum Gasteiger partial charge on any atom is 0.241 e. The van der Waals surface area contributed by atoms with Crippen molar-refractivity contribution in [2.75, 3.05) is 67.1 Å². The average Bonchev–Trinajstić information content (AvgIpc) is 2.61. The van der Waals surface area contributed by atoms with Crippen LogP contribution >= 0.6 is 0 Å². The molecule has 1 fully saturated rings. The highest BCUT2D eigenvalue weighted by Gasteiger charge is 2.22. The van der Waals surface area contributed by atoms with Gasteiger partial charge in [0, 0.05) is 53.4 Å². The van der Waals surface area contributed by atoms with Crippen molar-refractivity contribution in [2.45, 2.75) is 25.8 Å². The number of hydrogen-bond donors (Lipinski definition) is 3. The summed E-state index contributed by atoms with van der Waals surface area (Å²) in [6.07, 6.45) is 1.87. The van der Waals surface area contributed by atoms with Gasteiger partial charge < -0.3 is 25.6 Å². The van der Waals surface area contributed by atoms with E-state index in [2.05, 4.69) is 25.8 Å². The third-order valence-electron chi connectivity index (χ3n) is 4.14. The summed E-state index contributed by atoms with van der Waals surface area (Å²) in [6, 6.07) is 0.287. The number of ether oxygens (including phenoxy) is 1. The molecule has 1 aliphatic heterocycles. The van der Waals surface area contributed by atoms with Crippen molar-refractivity contribution in [3.63, 3.8) is 0 Å². The standard InChI is InChI=1S/C17H34N6O3/c1-5-18-17(20-12-15(24)19-8-11-26-4)21-14-6-9-23(10-7-14)13-16(25)22(2)3/h14H,5-13H2,1-4H3,(H,19,24)(H2,18,20,21). The van der Waals surface area contributed by atoms with E-state index in [1.165, 1.54) is 0 Å². The number of nitrogens with one attached hydrogen (secondary N) is 3. The number of likely N-dealkylation sites (tertiary alicyclic amines) is 1. The van der Waals surface area contributed by atoms with Crippen LogP contribution in [-0.2, 0) is 14.3 Å². The van der Waals surface area contributed by atoms with E-state index in [0.717, 1.165) is 32.5 Å². The number of carbonyl (C=O) groups excluding carboxylic acids is 2. The molecule has 0 aromatic carbocycles. The molecule has 0 aromatic rings. The van der Waals surface area contributed by atoms with Gasteiger partial charge in [-0.05, 0) is 19.8 Å². The van der Waals surface area contributed by atoms with Gasteiger partial charge in [0.1, 0.15) is 6.54 Å². The lowest BCUT2D eigenvalue weighted by atomic mass is 10.1. The quantitative estimate of drug-likeness (QED) is 0.270. The fraction of sp³-hybridized carbons (Fsp3) is 0.824. The zero-order valence-corrected chi connectivity index (χ0v) is 16.5. The minimum Gasteiger partial charge on any atom is -0.383 e. The largest absolute Gasteiger partial charge is 0.383 e. The number of guanidine groups is 1. The first kappa shape index (κ1) is 22.2. The Balaban J connectivity index is 2.39. The minimum atomic E-state index is -0.128. The van der Waals surface area contributed by atoms with E-state index in [1.807, 2.05) is 6.92 Å². The summed E-state index contributed by atoms with van der Waals surface area (Å²) in [5.74, 6) is 0.652. The molecule has 9 nitrogen and oxygen atoms in total. The van der Waals surface area contributed by atoms with Crippen molar-refractivity contribution in [2.24, 2.45) is 4.99 Å². The van der Waals surface area contributed by atoms with Crippen molar-refractivity contribution < 1.29 is 14.3 Å². The lowest BCUT2D eigenvalue weighted by Crippen LogP contribution is -2.50. The van der Waals surface area contributed by atoms with Gasteiger partial charge in [-0.3, -0.25) is 14.5 Å². The molecule has 1 saturated heterocycles. The molecule has 150 valence electrons. The Labute approximate surface area is 156 Å². The first-order chi connectivity index (χ1) is 12.5. The van der Waals surface area contributed by atoms with Crippen molar-refractivity contribution in [3.05, 3.63) is 0 Å². The molecule has 0 unspecified atom stereocenters. The molecule has 2 amide bonds. The van der Waals surface area contributed by atoms with Crippen LogP contribution in [0.4, 0.5) is 0 Å². The van der Waals surface area contributed by atoms with Crippen LogP contribution in [0, 0.1) is 0 Å². The third-order valence-corrected chi connectivity index (χ3v) is 4.14. The van der Waals surface area contributed by atoms with E-state index in [9.17, 15) is 9.59 Å². The van der Waals surface area contributed by atoms with Crippen LogP contribution in [0.25, 0.3) is 0 Å². The average molecular weight is 370 g/mol. The predicted molar refractivity (Wildman–Crippen MR) is 102 cm³/mol. The monoisotopic (exact) mass is 370 g/mol. The molecule has 1 heterocycles. The summed E-state index contributed by atoms with van der Waals surface area (Å²) in [4.78, 5) is 31.7. The van der Waals surface area contributed by atoms with Gasteiger partial charge in [0.25, 0.3) is 0 Å². The zero-order chi connectivity index (χ0) is 19.4. The van der Waals surface area contributed by atoms with E-state index >= 15 is 0 Å². The fourth-order valence-corrected chi connectivity index (χ4v) is 2.58. The summed E-state index contributed by atoms with van der Waals surface area (Å²) in [5, 5.41) is 9.31. The topological polar surface area (TPSA) is 98.3 Å². The fourth-order valence-electron chi connectivity index (χ4n) is 2.58. The molecule has 0 atom stereocenters. The molecule has 0 bridgehead atoms. The molecule has 26 heavy (non-hydrogen) atoms. The Morgan fingerprint density at radius 1 is 1.23 bits per heavy atom. The maximum absolute atomic E-state index is 11.8. The number of piperidine rings is 1.